The molecule has 1 saturated carbocycles. The summed E-state index contributed by atoms with van der Waals surface area (Å²) in [5, 5.41) is 8.71. The first-order chi connectivity index (χ1) is 14.4. The van der Waals surface area contributed by atoms with Gasteiger partial charge in [0, 0.05) is 5.56 Å². The lowest BCUT2D eigenvalue weighted by molar-refractivity contribution is 0.296. The highest BCUT2D eigenvalue weighted by molar-refractivity contribution is 5.36. The lowest BCUT2D eigenvalue weighted by atomic mass is 9.79. The highest BCUT2D eigenvalue weighted by Crippen LogP contribution is 2.32. The summed E-state index contributed by atoms with van der Waals surface area (Å²) in [6, 6.07) is 6.26. The standard InChI is InChI=1S/C25H25F4N/c1-2-16-3-5-17(6-4-16)7-8-18-11-22(26)20(23(27)12-18)10-9-19-13-24(28)21(15-30)25(29)14-19/h2,11-14,16-17H,1,3-10H2. The van der Waals surface area contributed by atoms with Crippen molar-refractivity contribution in [2.75, 3.05) is 0 Å². The van der Waals surface area contributed by atoms with Gasteiger partial charge >= 0.3 is 0 Å². The van der Waals surface area contributed by atoms with Gasteiger partial charge in [0.1, 0.15) is 34.9 Å². The van der Waals surface area contributed by atoms with E-state index in [2.05, 4.69) is 6.58 Å². The molecule has 0 atom stereocenters. The quantitative estimate of drug-likeness (QED) is 0.359. The molecule has 1 nitrogen and oxygen atoms in total. The Hall–Kier alpha value is -2.61. The fourth-order valence-corrected chi connectivity index (χ4v) is 4.27. The van der Waals surface area contributed by atoms with E-state index in [4.69, 9.17) is 5.26 Å². The van der Waals surface area contributed by atoms with Gasteiger partial charge < -0.3 is 0 Å². The SMILES string of the molecule is C=CC1CCC(CCc2cc(F)c(CCc3cc(F)c(C#N)c(F)c3)c(F)c2)CC1. The molecule has 1 aliphatic rings. The molecule has 0 radical (unpaired) electrons. The first-order valence-corrected chi connectivity index (χ1v) is 10.4. The Kier molecular flexibility index (Phi) is 7.31. The third-order valence-electron chi connectivity index (χ3n) is 6.14. The molecule has 0 N–H and O–H groups in total. The maximum absolute atomic E-state index is 14.5. The molecule has 0 heterocycles. The van der Waals surface area contributed by atoms with Gasteiger partial charge in [-0.1, -0.05) is 6.08 Å². The van der Waals surface area contributed by atoms with Crippen molar-refractivity contribution in [3.63, 3.8) is 0 Å². The maximum Gasteiger partial charge on any atom is 0.144 e. The van der Waals surface area contributed by atoms with Crippen LogP contribution in [0.1, 0.15) is 54.4 Å². The molecule has 158 valence electrons. The number of nitriles is 1. The highest BCUT2D eigenvalue weighted by Gasteiger charge is 2.20. The Morgan fingerprint density at radius 2 is 1.37 bits per heavy atom. The topological polar surface area (TPSA) is 23.8 Å². The van der Waals surface area contributed by atoms with Crippen LogP contribution in [-0.2, 0) is 19.3 Å². The molecule has 0 bridgehead atoms. The van der Waals surface area contributed by atoms with Crippen LogP contribution in [0.25, 0.3) is 0 Å². The first-order valence-electron chi connectivity index (χ1n) is 10.4. The molecule has 0 amide bonds. The number of aryl methyl sites for hydroxylation is 2. The van der Waals surface area contributed by atoms with E-state index in [9.17, 15) is 17.6 Å². The van der Waals surface area contributed by atoms with E-state index in [0.29, 0.717) is 23.8 Å². The second-order valence-electron chi connectivity index (χ2n) is 8.14. The summed E-state index contributed by atoms with van der Waals surface area (Å²) >= 11 is 0. The molecule has 1 aliphatic carbocycles. The minimum absolute atomic E-state index is 0.0196. The predicted octanol–water partition coefficient (Wildman–Crippen LogP) is 6.82. The number of nitrogens with zero attached hydrogens (tertiary/aromatic N) is 1. The van der Waals surface area contributed by atoms with Gasteiger partial charge in [-0.3, -0.25) is 0 Å². The zero-order valence-electron chi connectivity index (χ0n) is 16.9. The van der Waals surface area contributed by atoms with Crippen molar-refractivity contribution in [1.82, 2.24) is 0 Å². The van der Waals surface area contributed by atoms with Crippen LogP contribution in [0.5, 0.6) is 0 Å². The molecule has 5 heteroatoms. The Morgan fingerprint density at radius 3 is 1.90 bits per heavy atom. The lowest BCUT2D eigenvalue weighted by Gasteiger charge is -2.26. The largest absolute Gasteiger partial charge is 0.207 e. The summed E-state index contributed by atoms with van der Waals surface area (Å²) in [6.45, 7) is 3.85. The summed E-state index contributed by atoms with van der Waals surface area (Å²) in [5.74, 6) is -2.02. The third-order valence-corrected chi connectivity index (χ3v) is 6.14. The van der Waals surface area contributed by atoms with Crippen LogP contribution in [0.15, 0.2) is 36.9 Å². The van der Waals surface area contributed by atoms with Crippen molar-refractivity contribution in [3.05, 3.63) is 82.4 Å². The second-order valence-corrected chi connectivity index (χ2v) is 8.14. The molecule has 0 saturated heterocycles. The maximum atomic E-state index is 14.5. The van der Waals surface area contributed by atoms with E-state index in [1.807, 2.05) is 6.08 Å². The van der Waals surface area contributed by atoms with Gasteiger partial charge in [-0.25, -0.2) is 17.6 Å². The van der Waals surface area contributed by atoms with Crippen molar-refractivity contribution in [3.8, 4) is 6.07 Å². The summed E-state index contributed by atoms with van der Waals surface area (Å²) < 4.78 is 56.4. The number of hydrogen-bond donors (Lipinski definition) is 0. The van der Waals surface area contributed by atoms with Crippen LogP contribution >= 0.6 is 0 Å². The summed E-state index contributed by atoms with van der Waals surface area (Å²) in [7, 11) is 0. The predicted molar refractivity (Wildman–Crippen MR) is 109 cm³/mol. The summed E-state index contributed by atoms with van der Waals surface area (Å²) in [5.41, 5.74) is 0.144. The van der Waals surface area contributed by atoms with Crippen LogP contribution in [0.3, 0.4) is 0 Å². The van der Waals surface area contributed by atoms with Gasteiger partial charge in [0.25, 0.3) is 0 Å². The van der Waals surface area contributed by atoms with Gasteiger partial charge in [0.2, 0.25) is 0 Å². The second kappa shape index (κ2) is 9.93. The third kappa shape index (κ3) is 5.30. The molecular formula is C25H25F4N. The van der Waals surface area contributed by atoms with Gasteiger partial charge in [-0.05, 0) is 98.6 Å². The molecule has 0 aliphatic heterocycles. The number of benzene rings is 2. The van der Waals surface area contributed by atoms with E-state index < -0.39 is 28.8 Å². The van der Waals surface area contributed by atoms with E-state index in [1.165, 1.54) is 18.2 Å². The van der Waals surface area contributed by atoms with Gasteiger partial charge in [0.15, 0.2) is 0 Å². The van der Waals surface area contributed by atoms with Crippen LogP contribution in [0.4, 0.5) is 17.6 Å². The minimum atomic E-state index is -0.967. The fraction of sp³-hybridized carbons (Fsp3) is 0.400. The van der Waals surface area contributed by atoms with Crippen molar-refractivity contribution in [2.45, 2.75) is 51.4 Å². The van der Waals surface area contributed by atoms with Crippen LogP contribution < -0.4 is 0 Å². The van der Waals surface area contributed by atoms with Crippen molar-refractivity contribution in [1.29, 1.82) is 5.26 Å². The Balaban J connectivity index is 1.61. The van der Waals surface area contributed by atoms with Gasteiger partial charge in [0.05, 0.1) is 0 Å². The lowest BCUT2D eigenvalue weighted by Crippen LogP contribution is -2.13. The van der Waals surface area contributed by atoms with E-state index in [0.717, 1.165) is 44.2 Å². The average molecular weight is 415 g/mol. The van der Waals surface area contributed by atoms with Gasteiger partial charge in [-0.15, -0.1) is 6.58 Å². The molecule has 0 aromatic heterocycles. The molecule has 0 unspecified atom stereocenters. The summed E-state index contributed by atoms with van der Waals surface area (Å²) in [4.78, 5) is 0. The molecular weight excluding hydrogens is 390 g/mol. The van der Waals surface area contributed by atoms with E-state index in [-0.39, 0.29) is 24.0 Å². The number of hydrogen-bond acceptors (Lipinski definition) is 1. The van der Waals surface area contributed by atoms with Crippen LogP contribution in [0, 0.1) is 46.4 Å². The molecule has 2 aromatic carbocycles. The Labute approximate surface area is 175 Å². The molecule has 2 aromatic rings. The van der Waals surface area contributed by atoms with Gasteiger partial charge in [-0.2, -0.15) is 5.26 Å². The zero-order chi connectivity index (χ0) is 21.7. The fourth-order valence-electron chi connectivity index (χ4n) is 4.27. The van der Waals surface area contributed by atoms with E-state index >= 15 is 0 Å². The van der Waals surface area contributed by atoms with Crippen LogP contribution in [0.2, 0.25) is 0 Å². The van der Waals surface area contributed by atoms with Crippen LogP contribution in [-0.4, -0.2) is 0 Å². The van der Waals surface area contributed by atoms with Crippen molar-refractivity contribution < 1.29 is 17.6 Å². The van der Waals surface area contributed by atoms with E-state index in [1.54, 1.807) is 0 Å². The monoisotopic (exact) mass is 415 g/mol. The average Bonchev–Trinajstić information content (AvgIpc) is 2.72. The Morgan fingerprint density at radius 1 is 0.833 bits per heavy atom. The number of rotatable bonds is 7. The highest BCUT2D eigenvalue weighted by atomic mass is 19.1. The molecule has 3 rings (SSSR count). The summed E-state index contributed by atoms with van der Waals surface area (Å²) in [6.07, 6.45) is 8.11. The normalized spacial score (nSPS) is 18.8. The minimum Gasteiger partial charge on any atom is -0.207 e. The zero-order valence-corrected chi connectivity index (χ0v) is 16.9. The molecule has 30 heavy (non-hydrogen) atoms. The van der Waals surface area contributed by atoms with Crippen molar-refractivity contribution in [2.24, 2.45) is 11.8 Å². The number of halogens is 4. The smallest absolute Gasteiger partial charge is 0.144 e. The first kappa shape index (κ1) is 22.1. The molecule has 1 fully saturated rings. The molecule has 0 spiro atoms. The Bertz CT molecular complexity index is 906. The number of allylic oxidation sites excluding steroid dienone is 1. The van der Waals surface area contributed by atoms with Crippen molar-refractivity contribution >= 4 is 0 Å².